The molecular weight excluding hydrogens is 384 g/mol. The Labute approximate surface area is 175 Å². The van der Waals surface area contributed by atoms with Crippen LogP contribution in [0, 0.1) is 5.92 Å². The van der Waals surface area contributed by atoms with Gasteiger partial charge in [-0.2, -0.15) is 0 Å². The fraction of sp³-hybridized carbons (Fsp3) is 0.522. The van der Waals surface area contributed by atoms with Crippen LogP contribution < -0.4 is 4.90 Å². The molecule has 4 bridgehead atoms. The predicted molar refractivity (Wildman–Crippen MR) is 109 cm³/mol. The van der Waals surface area contributed by atoms with Crippen LogP contribution in [0.4, 0.5) is 10.5 Å². The Morgan fingerprint density at radius 1 is 1.07 bits per heavy atom. The smallest absolute Gasteiger partial charge is 0.414 e. The number of rotatable bonds is 1. The van der Waals surface area contributed by atoms with Gasteiger partial charge in [0, 0.05) is 13.1 Å². The molecule has 4 aliphatic heterocycles. The molecule has 2 fully saturated rings. The largest absolute Gasteiger partial charge is 0.466 e. The Bertz CT molecular complexity index is 972. The maximum Gasteiger partial charge on any atom is 0.414 e. The molecule has 1 aromatic rings. The topological polar surface area (TPSA) is 76.2 Å². The zero-order valence-corrected chi connectivity index (χ0v) is 17.3. The molecule has 6 rings (SSSR count). The maximum atomic E-state index is 14.1. The zero-order chi connectivity index (χ0) is 21.1. The van der Waals surface area contributed by atoms with Gasteiger partial charge < -0.3 is 14.4 Å². The van der Waals surface area contributed by atoms with E-state index >= 15 is 0 Å². The highest BCUT2D eigenvalue weighted by Gasteiger charge is 2.73. The average Bonchev–Trinajstić information content (AvgIpc) is 3.21. The van der Waals surface area contributed by atoms with E-state index in [1.165, 1.54) is 14.2 Å². The van der Waals surface area contributed by atoms with Crippen LogP contribution in [0.5, 0.6) is 0 Å². The highest BCUT2D eigenvalue weighted by atomic mass is 16.5. The number of carbonyl (C=O) groups excluding carboxylic acids is 3. The second-order valence-corrected chi connectivity index (χ2v) is 8.64. The number of ether oxygens (including phenoxy) is 2. The van der Waals surface area contributed by atoms with E-state index in [1.807, 2.05) is 35.2 Å². The van der Waals surface area contributed by atoms with Crippen molar-refractivity contribution in [2.75, 3.05) is 32.2 Å². The summed E-state index contributed by atoms with van der Waals surface area (Å²) in [4.78, 5) is 43.9. The van der Waals surface area contributed by atoms with Crippen molar-refractivity contribution < 1.29 is 23.9 Å². The Morgan fingerprint density at radius 3 is 2.63 bits per heavy atom. The average molecular weight is 410 g/mol. The standard InChI is InChI=1S/C23H26N2O5/c1-29-19(26)17-14-15-6-5-12-24-13-11-22(20(24)27)16-7-3-4-8-18(16)25(21(28)30-2)23(17,22)10-9-15/h3-4,7-8,14-15H,5-6,9-13H2,1-2H3/t15-,22+,23-/m0/s1. The first-order valence-electron chi connectivity index (χ1n) is 10.6. The van der Waals surface area contributed by atoms with Crippen molar-refractivity contribution in [3.63, 3.8) is 0 Å². The first kappa shape index (κ1) is 19.2. The van der Waals surface area contributed by atoms with Gasteiger partial charge in [-0.05, 0) is 49.7 Å². The summed E-state index contributed by atoms with van der Waals surface area (Å²) in [6, 6.07) is 7.52. The lowest BCUT2D eigenvalue weighted by Crippen LogP contribution is -2.66. The van der Waals surface area contributed by atoms with Crippen LogP contribution in [-0.2, 0) is 24.5 Å². The zero-order valence-electron chi connectivity index (χ0n) is 17.3. The molecule has 2 saturated heterocycles. The van der Waals surface area contributed by atoms with E-state index in [4.69, 9.17) is 9.47 Å². The third-order valence-electron chi connectivity index (χ3n) is 7.59. The van der Waals surface area contributed by atoms with E-state index in [0.717, 1.165) is 24.8 Å². The number of anilines is 1. The summed E-state index contributed by atoms with van der Waals surface area (Å²) < 4.78 is 10.4. The molecule has 2 amide bonds. The Hall–Kier alpha value is -2.83. The number of benzene rings is 1. The SMILES string of the molecule is COC(=O)C1=C[C@H]2CCCN3CC[C@]4(C3=O)c3ccccc3N(C(=O)OC)[C@@]14CC2. The number of allylic oxidation sites excluding steroid dienone is 1. The molecule has 0 aromatic heterocycles. The van der Waals surface area contributed by atoms with Gasteiger partial charge in [0.1, 0.15) is 11.0 Å². The summed E-state index contributed by atoms with van der Waals surface area (Å²) in [5, 5.41) is 0. The number of esters is 1. The molecule has 5 aliphatic rings. The van der Waals surface area contributed by atoms with Crippen molar-refractivity contribution in [3.05, 3.63) is 41.5 Å². The third-order valence-corrected chi connectivity index (χ3v) is 7.59. The molecule has 0 saturated carbocycles. The van der Waals surface area contributed by atoms with Crippen LogP contribution in [0.3, 0.4) is 0 Å². The van der Waals surface area contributed by atoms with Crippen LogP contribution >= 0.6 is 0 Å². The minimum absolute atomic E-state index is 0.00324. The van der Waals surface area contributed by atoms with Crippen molar-refractivity contribution in [1.29, 1.82) is 0 Å². The monoisotopic (exact) mass is 410 g/mol. The second kappa shape index (κ2) is 6.59. The van der Waals surface area contributed by atoms with E-state index in [2.05, 4.69) is 0 Å². The number of nitrogens with zero attached hydrogens (tertiary/aromatic N) is 2. The van der Waals surface area contributed by atoms with Crippen LogP contribution in [0.1, 0.15) is 37.7 Å². The van der Waals surface area contributed by atoms with E-state index in [0.29, 0.717) is 37.2 Å². The van der Waals surface area contributed by atoms with Crippen molar-refractivity contribution in [3.8, 4) is 0 Å². The van der Waals surface area contributed by atoms with Crippen LogP contribution in [-0.4, -0.2) is 55.7 Å². The molecule has 0 unspecified atom stereocenters. The highest BCUT2D eigenvalue weighted by molar-refractivity contribution is 6.09. The first-order chi connectivity index (χ1) is 14.5. The number of fused-ring (bicyclic) bond motifs is 4. The van der Waals surface area contributed by atoms with Gasteiger partial charge in [0.15, 0.2) is 0 Å². The lowest BCUT2D eigenvalue weighted by molar-refractivity contribution is -0.139. The van der Waals surface area contributed by atoms with Crippen molar-refractivity contribution in [1.82, 2.24) is 4.90 Å². The summed E-state index contributed by atoms with van der Waals surface area (Å²) in [6.07, 6.45) is 5.08. The van der Waals surface area contributed by atoms with Crippen molar-refractivity contribution >= 4 is 23.7 Å². The number of hydrogen-bond acceptors (Lipinski definition) is 5. The van der Waals surface area contributed by atoms with Gasteiger partial charge in [0.05, 0.1) is 25.5 Å². The Balaban J connectivity index is 1.89. The molecule has 158 valence electrons. The number of hydrogen-bond donors (Lipinski definition) is 0. The van der Waals surface area contributed by atoms with Crippen LogP contribution in [0.2, 0.25) is 0 Å². The van der Waals surface area contributed by atoms with E-state index < -0.39 is 23.0 Å². The van der Waals surface area contributed by atoms with Gasteiger partial charge >= 0.3 is 12.1 Å². The molecule has 4 heterocycles. The molecule has 30 heavy (non-hydrogen) atoms. The number of para-hydroxylation sites is 1. The molecule has 7 heteroatoms. The van der Waals surface area contributed by atoms with Crippen molar-refractivity contribution in [2.45, 2.75) is 43.1 Å². The van der Waals surface area contributed by atoms with Gasteiger partial charge in [-0.1, -0.05) is 24.3 Å². The van der Waals surface area contributed by atoms with Gasteiger partial charge in [-0.3, -0.25) is 9.69 Å². The van der Waals surface area contributed by atoms with Crippen LogP contribution in [0.25, 0.3) is 0 Å². The molecule has 3 atom stereocenters. The van der Waals surface area contributed by atoms with Crippen LogP contribution in [0.15, 0.2) is 35.9 Å². The summed E-state index contributed by atoms with van der Waals surface area (Å²) in [5.41, 5.74) is -0.292. The fourth-order valence-electron chi connectivity index (χ4n) is 6.40. The normalized spacial score (nSPS) is 31.7. The minimum atomic E-state index is -1.14. The molecule has 0 N–H and O–H groups in total. The Kier molecular flexibility index (Phi) is 4.21. The minimum Gasteiger partial charge on any atom is -0.466 e. The molecular formula is C23H26N2O5. The van der Waals surface area contributed by atoms with E-state index in [1.54, 1.807) is 4.90 Å². The van der Waals surface area contributed by atoms with Crippen molar-refractivity contribution in [2.24, 2.45) is 5.92 Å². The number of carbonyl (C=O) groups is 3. The summed E-state index contributed by atoms with van der Waals surface area (Å²) in [7, 11) is 2.69. The lowest BCUT2D eigenvalue weighted by atomic mass is 9.58. The summed E-state index contributed by atoms with van der Waals surface area (Å²) >= 11 is 0. The summed E-state index contributed by atoms with van der Waals surface area (Å²) in [5.74, 6) is -0.261. The van der Waals surface area contributed by atoms with Gasteiger partial charge in [0.2, 0.25) is 5.91 Å². The Morgan fingerprint density at radius 2 is 1.87 bits per heavy atom. The summed E-state index contributed by atoms with van der Waals surface area (Å²) in [6.45, 7) is 1.32. The number of methoxy groups -OCH3 is 2. The van der Waals surface area contributed by atoms with Gasteiger partial charge in [-0.25, -0.2) is 9.59 Å². The third kappa shape index (κ3) is 2.13. The molecule has 2 spiro atoms. The lowest BCUT2D eigenvalue weighted by Gasteiger charge is -2.50. The first-order valence-corrected chi connectivity index (χ1v) is 10.6. The quantitative estimate of drug-likeness (QED) is 0.666. The number of amides is 2. The predicted octanol–water partition coefficient (Wildman–Crippen LogP) is 2.79. The van der Waals surface area contributed by atoms with E-state index in [-0.39, 0.29) is 11.8 Å². The molecule has 1 aliphatic carbocycles. The molecule has 7 nitrogen and oxygen atoms in total. The van der Waals surface area contributed by atoms with E-state index in [9.17, 15) is 14.4 Å². The van der Waals surface area contributed by atoms with Gasteiger partial charge in [0.25, 0.3) is 0 Å². The highest BCUT2D eigenvalue weighted by Crippen LogP contribution is 2.63. The molecule has 0 radical (unpaired) electrons. The maximum absolute atomic E-state index is 14.1. The molecule has 1 aromatic carbocycles. The second-order valence-electron chi connectivity index (χ2n) is 8.64. The fourth-order valence-corrected chi connectivity index (χ4v) is 6.40. The van der Waals surface area contributed by atoms with Gasteiger partial charge in [-0.15, -0.1) is 0 Å².